The summed E-state index contributed by atoms with van der Waals surface area (Å²) in [6, 6.07) is 9.22. The van der Waals surface area contributed by atoms with E-state index in [1.165, 1.54) is 11.8 Å². The summed E-state index contributed by atoms with van der Waals surface area (Å²) < 4.78 is 5.41. The molecule has 1 aromatic rings. The van der Waals surface area contributed by atoms with Crippen molar-refractivity contribution >= 4 is 23.0 Å². The van der Waals surface area contributed by atoms with Gasteiger partial charge in [0.1, 0.15) is 6.10 Å². The number of benzene rings is 1. The number of nitrogens with zero attached hydrogens (tertiary/aromatic N) is 1. The first kappa shape index (κ1) is 18.6. The molecule has 5 heteroatoms. The highest BCUT2D eigenvalue weighted by atomic mass is 32.2. The van der Waals surface area contributed by atoms with E-state index >= 15 is 0 Å². The molecule has 22 heavy (non-hydrogen) atoms. The topological polar surface area (TPSA) is 46.6 Å². The van der Waals surface area contributed by atoms with Crippen LogP contribution in [-0.2, 0) is 4.74 Å². The van der Waals surface area contributed by atoms with Crippen LogP contribution in [-0.4, -0.2) is 40.6 Å². The molecule has 0 bridgehead atoms. The van der Waals surface area contributed by atoms with Gasteiger partial charge in [0, 0.05) is 23.9 Å². The Bertz CT molecular complexity index is 474. The zero-order valence-corrected chi connectivity index (χ0v) is 14.6. The lowest BCUT2D eigenvalue weighted by Crippen LogP contribution is -2.34. The summed E-state index contributed by atoms with van der Waals surface area (Å²) >= 11 is 1.28. The van der Waals surface area contributed by atoms with Crippen LogP contribution in [0.5, 0.6) is 0 Å². The van der Waals surface area contributed by atoms with Crippen LogP contribution in [0.3, 0.4) is 0 Å². The molecule has 1 amide bonds. The lowest BCUT2D eigenvalue weighted by molar-refractivity contribution is 0.0696. The van der Waals surface area contributed by atoms with Crippen molar-refractivity contribution < 1.29 is 14.3 Å². The second-order valence-electron chi connectivity index (χ2n) is 5.18. The van der Waals surface area contributed by atoms with Crippen molar-refractivity contribution in [2.75, 3.05) is 13.1 Å². The minimum Gasteiger partial charge on any atom is -0.446 e. The Balaban J connectivity index is 2.42. The van der Waals surface area contributed by atoms with Crippen molar-refractivity contribution in [3.8, 4) is 0 Å². The fourth-order valence-corrected chi connectivity index (χ4v) is 3.12. The molecular weight excluding hydrogens is 298 g/mol. The maximum Gasteiger partial charge on any atom is 0.410 e. The summed E-state index contributed by atoms with van der Waals surface area (Å²) in [6.07, 6.45) is 0.152. The fourth-order valence-electron chi connectivity index (χ4n) is 2.12. The van der Waals surface area contributed by atoms with Crippen molar-refractivity contribution in [1.29, 1.82) is 0 Å². The highest BCUT2D eigenvalue weighted by Gasteiger charge is 2.19. The van der Waals surface area contributed by atoms with Crippen molar-refractivity contribution in [3.05, 3.63) is 35.9 Å². The number of rotatable bonds is 7. The highest BCUT2D eigenvalue weighted by Crippen LogP contribution is 2.22. The Morgan fingerprint density at radius 2 is 1.73 bits per heavy atom. The van der Waals surface area contributed by atoms with E-state index in [1.807, 2.05) is 58.0 Å². The van der Waals surface area contributed by atoms with Gasteiger partial charge in [-0.3, -0.25) is 4.79 Å². The van der Waals surface area contributed by atoms with E-state index < -0.39 is 0 Å². The molecule has 2 atom stereocenters. The zero-order valence-electron chi connectivity index (χ0n) is 13.7. The Kier molecular flexibility index (Phi) is 8.02. The van der Waals surface area contributed by atoms with E-state index in [9.17, 15) is 9.59 Å². The van der Waals surface area contributed by atoms with E-state index in [1.54, 1.807) is 4.90 Å². The monoisotopic (exact) mass is 323 g/mol. The zero-order chi connectivity index (χ0) is 16.5. The average molecular weight is 323 g/mol. The van der Waals surface area contributed by atoms with E-state index in [2.05, 4.69) is 0 Å². The Hall–Kier alpha value is -1.49. The number of carbonyl (C=O) groups is 2. The molecule has 0 aromatic heterocycles. The van der Waals surface area contributed by atoms with Gasteiger partial charge >= 0.3 is 6.09 Å². The SMILES string of the molecule is CCN(CC)C(=O)OC(C)CC(C)SC(=O)c1ccccc1. The van der Waals surface area contributed by atoms with Gasteiger partial charge in [-0.05, 0) is 27.2 Å². The van der Waals surface area contributed by atoms with Gasteiger partial charge in [-0.15, -0.1) is 0 Å². The minimum absolute atomic E-state index is 0.0513. The lowest BCUT2D eigenvalue weighted by Gasteiger charge is -2.22. The molecule has 4 nitrogen and oxygen atoms in total. The van der Waals surface area contributed by atoms with Crippen LogP contribution < -0.4 is 0 Å². The van der Waals surface area contributed by atoms with Crippen molar-refractivity contribution in [2.24, 2.45) is 0 Å². The van der Waals surface area contributed by atoms with Crippen molar-refractivity contribution in [1.82, 2.24) is 4.90 Å². The first-order valence-corrected chi connectivity index (χ1v) is 8.57. The number of hydrogen-bond donors (Lipinski definition) is 0. The molecule has 0 radical (unpaired) electrons. The molecule has 2 unspecified atom stereocenters. The van der Waals surface area contributed by atoms with Crippen LogP contribution in [0.1, 0.15) is 44.5 Å². The summed E-state index contributed by atoms with van der Waals surface area (Å²) in [5, 5.41) is 0.141. The molecule has 0 spiro atoms. The number of thioether (sulfide) groups is 1. The minimum atomic E-state index is -0.288. The normalized spacial score (nSPS) is 13.3. The lowest BCUT2D eigenvalue weighted by atomic mass is 10.2. The van der Waals surface area contributed by atoms with Crippen LogP contribution in [0, 0.1) is 0 Å². The molecule has 1 rings (SSSR count). The van der Waals surface area contributed by atoms with Gasteiger partial charge in [-0.25, -0.2) is 4.79 Å². The third-order valence-corrected chi connectivity index (χ3v) is 4.35. The molecule has 0 N–H and O–H groups in total. The summed E-state index contributed by atoms with van der Waals surface area (Å²) in [6.45, 7) is 8.97. The van der Waals surface area contributed by atoms with Gasteiger partial charge in [0.05, 0.1) is 0 Å². The number of hydrogen-bond acceptors (Lipinski definition) is 4. The molecule has 0 fully saturated rings. The largest absolute Gasteiger partial charge is 0.446 e. The van der Waals surface area contributed by atoms with Gasteiger partial charge in [0.2, 0.25) is 5.12 Å². The number of carbonyl (C=O) groups excluding carboxylic acids is 2. The fraction of sp³-hybridized carbons (Fsp3) is 0.529. The van der Waals surface area contributed by atoms with Crippen LogP contribution in [0.4, 0.5) is 4.79 Å². The van der Waals surface area contributed by atoms with Gasteiger partial charge in [-0.1, -0.05) is 49.0 Å². The predicted molar refractivity (Wildman–Crippen MR) is 91.3 cm³/mol. The molecular formula is C17H25NO3S. The molecule has 0 saturated heterocycles. The van der Waals surface area contributed by atoms with Crippen LogP contribution >= 0.6 is 11.8 Å². The number of ether oxygens (including phenoxy) is 1. The predicted octanol–water partition coefficient (Wildman–Crippen LogP) is 4.21. The van der Waals surface area contributed by atoms with Crippen molar-refractivity contribution in [3.63, 3.8) is 0 Å². The highest BCUT2D eigenvalue weighted by molar-refractivity contribution is 8.14. The van der Waals surface area contributed by atoms with E-state index in [0.29, 0.717) is 25.1 Å². The Morgan fingerprint density at radius 3 is 2.27 bits per heavy atom. The van der Waals surface area contributed by atoms with Gasteiger partial charge in [0.25, 0.3) is 0 Å². The summed E-state index contributed by atoms with van der Waals surface area (Å²) in [7, 11) is 0. The van der Waals surface area contributed by atoms with Gasteiger partial charge in [0.15, 0.2) is 0 Å². The van der Waals surface area contributed by atoms with Crippen LogP contribution in [0.15, 0.2) is 30.3 Å². The smallest absolute Gasteiger partial charge is 0.410 e. The van der Waals surface area contributed by atoms with Crippen LogP contribution in [0.2, 0.25) is 0 Å². The average Bonchev–Trinajstić information content (AvgIpc) is 2.48. The maximum atomic E-state index is 12.1. The standard InChI is InChI=1S/C17H25NO3S/c1-5-18(6-2)17(20)21-13(3)12-14(4)22-16(19)15-10-8-7-9-11-15/h7-11,13-14H,5-6,12H2,1-4H3. The molecule has 0 aliphatic carbocycles. The molecule has 0 saturated carbocycles. The summed E-state index contributed by atoms with van der Waals surface area (Å²) in [4.78, 5) is 25.6. The second-order valence-corrected chi connectivity index (χ2v) is 6.60. The molecule has 0 aliphatic rings. The number of amides is 1. The van der Waals surface area contributed by atoms with E-state index in [0.717, 1.165) is 0 Å². The Morgan fingerprint density at radius 1 is 1.14 bits per heavy atom. The summed E-state index contributed by atoms with van der Waals surface area (Å²) in [5.74, 6) is 0. The maximum absolute atomic E-state index is 12.1. The van der Waals surface area contributed by atoms with Crippen LogP contribution in [0.25, 0.3) is 0 Å². The van der Waals surface area contributed by atoms with Gasteiger partial charge in [-0.2, -0.15) is 0 Å². The summed E-state index contributed by atoms with van der Waals surface area (Å²) in [5.41, 5.74) is 0.701. The first-order chi connectivity index (χ1) is 10.5. The second kappa shape index (κ2) is 9.51. The van der Waals surface area contributed by atoms with Gasteiger partial charge < -0.3 is 9.64 Å². The van der Waals surface area contributed by atoms with E-state index in [4.69, 9.17) is 4.74 Å². The molecule has 0 aliphatic heterocycles. The quantitative estimate of drug-likeness (QED) is 0.754. The molecule has 0 heterocycles. The van der Waals surface area contributed by atoms with Crippen molar-refractivity contribution in [2.45, 2.75) is 45.5 Å². The molecule has 122 valence electrons. The third-order valence-electron chi connectivity index (χ3n) is 3.31. The Labute approximate surface area is 137 Å². The first-order valence-electron chi connectivity index (χ1n) is 7.69. The van der Waals surface area contributed by atoms with E-state index in [-0.39, 0.29) is 22.6 Å². The molecule has 1 aromatic carbocycles. The third kappa shape index (κ3) is 6.10.